The lowest BCUT2D eigenvalue weighted by Crippen LogP contribution is -2.27. The number of nitrogens with zero attached hydrogens (tertiary/aromatic N) is 1. The van der Waals surface area contributed by atoms with Crippen LogP contribution in [0.5, 0.6) is 5.75 Å². The number of ether oxygens (including phenoxy) is 2. The molecule has 0 fully saturated rings. The number of anilines is 2. The van der Waals surface area contributed by atoms with Gasteiger partial charge in [-0.3, -0.25) is 4.79 Å². The summed E-state index contributed by atoms with van der Waals surface area (Å²) in [5.41, 5.74) is 1.98. The molecule has 1 aromatic heterocycles. The quantitative estimate of drug-likeness (QED) is 0.767. The number of pyridine rings is 1. The maximum absolute atomic E-state index is 11.8. The first kappa shape index (κ1) is 15.8. The van der Waals surface area contributed by atoms with Gasteiger partial charge in [-0.05, 0) is 24.3 Å². The Balaban J connectivity index is 2.01. The molecule has 1 amide bonds. The van der Waals surface area contributed by atoms with Crippen LogP contribution < -0.4 is 15.4 Å². The maximum atomic E-state index is 11.8. The number of carbonyl (C=O) groups excluding carboxylic acids is 1. The number of hydrogen-bond donors (Lipinski definition) is 2. The van der Waals surface area contributed by atoms with Gasteiger partial charge in [0.2, 0.25) is 0 Å². The largest absolute Gasteiger partial charge is 0.495 e. The molecule has 0 saturated heterocycles. The van der Waals surface area contributed by atoms with Crippen molar-refractivity contribution in [1.29, 1.82) is 0 Å². The highest BCUT2D eigenvalue weighted by Gasteiger charge is 2.07. The third-order valence-electron chi connectivity index (χ3n) is 2.97. The van der Waals surface area contributed by atoms with E-state index in [4.69, 9.17) is 9.47 Å². The monoisotopic (exact) mass is 301 g/mol. The van der Waals surface area contributed by atoms with Crippen molar-refractivity contribution < 1.29 is 14.3 Å². The molecule has 0 radical (unpaired) electrons. The summed E-state index contributed by atoms with van der Waals surface area (Å²) in [5.74, 6) is 0.518. The van der Waals surface area contributed by atoms with Crippen molar-refractivity contribution in [3.63, 3.8) is 0 Å². The number of rotatable bonds is 7. The molecule has 1 heterocycles. The summed E-state index contributed by atoms with van der Waals surface area (Å²) in [6.45, 7) is 0.928. The summed E-state index contributed by atoms with van der Waals surface area (Å²) >= 11 is 0. The van der Waals surface area contributed by atoms with Crippen molar-refractivity contribution in [3.05, 3.63) is 48.3 Å². The Morgan fingerprint density at radius 1 is 1.18 bits per heavy atom. The molecule has 116 valence electrons. The Kier molecular flexibility index (Phi) is 5.73. The molecule has 0 aliphatic rings. The van der Waals surface area contributed by atoms with E-state index in [-0.39, 0.29) is 5.91 Å². The molecule has 0 bridgehead atoms. The molecule has 0 aliphatic carbocycles. The second-order valence-electron chi connectivity index (χ2n) is 4.51. The summed E-state index contributed by atoms with van der Waals surface area (Å²) in [7, 11) is 3.20. The van der Waals surface area contributed by atoms with E-state index >= 15 is 0 Å². The molecule has 0 saturated carbocycles. The normalized spacial score (nSPS) is 10.1. The van der Waals surface area contributed by atoms with Gasteiger partial charge in [-0.15, -0.1) is 0 Å². The van der Waals surface area contributed by atoms with Crippen LogP contribution in [0.3, 0.4) is 0 Å². The van der Waals surface area contributed by atoms with E-state index in [9.17, 15) is 4.79 Å². The average Bonchev–Trinajstić information content (AvgIpc) is 2.56. The van der Waals surface area contributed by atoms with E-state index in [0.29, 0.717) is 18.8 Å². The Bertz CT molecular complexity index is 614. The number of carbonyl (C=O) groups is 1. The van der Waals surface area contributed by atoms with Gasteiger partial charge in [0.05, 0.1) is 31.3 Å². The smallest absolute Gasteiger partial charge is 0.269 e. The number of nitrogens with one attached hydrogen (secondary N) is 2. The Hall–Kier alpha value is -2.60. The third-order valence-corrected chi connectivity index (χ3v) is 2.97. The number of benzene rings is 1. The zero-order valence-electron chi connectivity index (χ0n) is 12.6. The molecule has 6 heteroatoms. The predicted molar refractivity (Wildman–Crippen MR) is 84.7 cm³/mol. The van der Waals surface area contributed by atoms with Crippen LogP contribution in [-0.2, 0) is 4.74 Å². The molecular weight excluding hydrogens is 282 g/mol. The first-order valence-corrected chi connectivity index (χ1v) is 6.88. The van der Waals surface area contributed by atoms with E-state index in [1.807, 2.05) is 24.3 Å². The molecule has 0 spiro atoms. The van der Waals surface area contributed by atoms with E-state index in [2.05, 4.69) is 15.6 Å². The number of para-hydroxylation sites is 2. The third kappa shape index (κ3) is 4.20. The van der Waals surface area contributed by atoms with Crippen molar-refractivity contribution in [2.24, 2.45) is 0 Å². The fraction of sp³-hybridized carbons (Fsp3) is 0.250. The van der Waals surface area contributed by atoms with Gasteiger partial charge in [-0.25, -0.2) is 4.98 Å². The van der Waals surface area contributed by atoms with E-state index < -0.39 is 0 Å². The number of aromatic nitrogens is 1. The zero-order valence-corrected chi connectivity index (χ0v) is 12.6. The number of amides is 1. The SMILES string of the molecule is COCCNC(=O)c1ccc(Nc2ccccc2OC)cn1. The molecule has 0 atom stereocenters. The van der Waals surface area contributed by atoms with Crippen LogP contribution in [0.15, 0.2) is 42.6 Å². The molecule has 6 nitrogen and oxygen atoms in total. The number of hydrogen-bond acceptors (Lipinski definition) is 5. The topological polar surface area (TPSA) is 72.5 Å². The van der Waals surface area contributed by atoms with Gasteiger partial charge in [0.25, 0.3) is 5.91 Å². The second-order valence-corrected chi connectivity index (χ2v) is 4.51. The minimum absolute atomic E-state index is 0.221. The molecule has 22 heavy (non-hydrogen) atoms. The predicted octanol–water partition coefficient (Wildman–Crippen LogP) is 2.21. The van der Waals surface area contributed by atoms with Crippen LogP contribution in [0.1, 0.15) is 10.5 Å². The van der Waals surface area contributed by atoms with Gasteiger partial charge >= 0.3 is 0 Å². The minimum atomic E-state index is -0.221. The summed E-state index contributed by atoms with van der Waals surface area (Å²) in [6.07, 6.45) is 1.61. The maximum Gasteiger partial charge on any atom is 0.269 e. The van der Waals surface area contributed by atoms with Crippen LogP contribution in [0.25, 0.3) is 0 Å². The van der Waals surface area contributed by atoms with Crippen molar-refractivity contribution >= 4 is 17.3 Å². The van der Waals surface area contributed by atoms with Crippen molar-refractivity contribution in [2.75, 3.05) is 32.7 Å². The Morgan fingerprint density at radius 2 is 2.00 bits per heavy atom. The lowest BCUT2D eigenvalue weighted by atomic mass is 10.2. The van der Waals surface area contributed by atoms with Crippen molar-refractivity contribution in [2.45, 2.75) is 0 Å². The van der Waals surface area contributed by atoms with Crippen molar-refractivity contribution in [1.82, 2.24) is 10.3 Å². The van der Waals surface area contributed by atoms with Crippen LogP contribution in [-0.4, -0.2) is 38.3 Å². The van der Waals surface area contributed by atoms with Gasteiger partial charge in [0.1, 0.15) is 11.4 Å². The lowest BCUT2D eigenvalue weighted by molar-refractivity contribution is 0.0932. The molecule has 0 aliphatic heterocycles. The van der Waals surface area contributed by atoms with E-state index in [1.165, 1.54) is 0 Å². The van der Waals surface area contributed by atoms with Gasteiger partial charge in [-0.1, -0.05) is 12.1 Å². The van der Waals surface area contributed by atoms with Crippen LogP contribution in [0.4, 0.5) is 11.4 Å². The lowest BCUT2D eigenvalue weighted by Gasteiger charge is -2.11. The van der Waals surface area contributed by atoms with Gasteiger partial charge in [-0.2, -0.15) is 0 Å². The fourth-order valence-corrected chi connectivity index (χ4v) is 1.86. The van der Waals surface area contributed by atoms with Crippen LogP contribution in [0.2, 0.25) is 0 Å². The zero-order chi connectivity index (χ0) is 15.8. The first-order chi connectivity index (χ1) is 10.7. The first-order valence-electron chi connectivity index (χ1n) is 6.88. The summed E-state index contributed by atoms with van der Waals surface area (Å²) in [4.78, 5) is 16.0. The summed E-state index contributed by atoms with van der Waals surface area (Å²) < 4.78 is 10.2. The number of methoxy groups -OCH3 is 2. The minimum Gasteiger partial charge on any atom is -0.495 e. The molecule has 2 N–H and O–H groups in total. The summed E-state index contributed by atoms with van der Waals surface area (Å²) in [6, 6.07) is 11.0. The average molecular weight is 301 g/mol. The van der Waals surface area contributed by atoms with Crippen molar-refractivity contribution in [3.8, 4) is 5.75 Å². The molecule has 2 aromatic rings. The van der Waals surface area contributed by atoms with Crippen LogP contribution in [0, 0.1) is 0 Å². The second kappa shape index (κ2) is 7.99. The van der Waals surface area contributed by atoms with Gasteiger partial charge in [0, 0.05) is 13.7 Å². The molecular formula is C16H19N3O3. The standard InChI is InChI=1S/C16H19N3O3/c1-21-10-9-17-16(20)14-8-7-12(11-18-14)19-13-5-3-4-6-15(13)22-2/h3-8,11,19H,9-10H2,1-2H3,(H,17,20). The van der Waals surface area contributed by atoms with E-state index in [1.54, 1.807) is 32.5 Å². The molecule has 2 rings (SSSR count). The highest BCUT2D eigenvalue weighted by atomic mass is 16.5. The molecule has 0 unspecified atom stereocenters. The summed E-state index contributed by atoms with van der Waals surface area (Å²) in [5, 5.41) is 5.92. The van der Waals surface area contributed by atoms with Gasteiger partial charge in [0.15, 0.2) is 0 Å². The fourth-order valence-electron chi connectivity index (χ4n) is 1.86. The Morgan fingerprint density at radius 3 is 2.68 bits per heavy atom. The molecule has 1 aromatic carbocycles. The van der Waals surface area contributed by atoms with Gasteiger partial charge < -0.3 is 20.1 Å². The Labute approximate surface area is 129 Å². The van der Waals surface area contributed by atoms with Crippen LogP contribution >= 0.6 is 0 Å². The highest BCUT2D eigenvalue weighted by molar-refractivity contribution is 5.92. The highest BCUT2D eigenvalue weighted by Crippen LogP contribution is 2.26. The van der Waals surface area contributed by atoms with E-state index in [0.717, 1.165) is 17.1 Å².